The Hall–Kier alpha value is -3.41. The highest BCUT2D eigenvalue weighted by atomic mass is 16.1. The first-order chi connectivity index (χ1) is 15.9. The Morgan fingerprint density at radius 1 is 1.18 bits per heavy atom. The number of nitrogens with two attached hydrogens (primary N) is 1. The number of benzene rings is 2. The number of hydrogen-bond acceptors (Lipinski definition) is 4. The van der Waals surface area contributed by atoms with E-state index in [9.17, 15) is 4.79 Å². The number of fused-ring (bicyclic) bond motifs is 1. The fourth-order valence-corrected chi connectivity index (χ4v) is 4.87. The van der Waals surface area contributed by atoms with E-state index in [1.807, 2.05) is 42.5 Å². The van der Waals surface area contributed by atoms with Crippen LogP contribution >= 0.6 is 0 Å². The third kappa shape index (κ3) is 4.42. The van der Waals surface area contributed by atoms with Crippen LogP contribution in [0.1, 0.15) is 64.1 Å². The maximum absolute atomic E-state index is 13.8. The molecule has 3 N–H and O–H groups in total. The van der Waals surface area contributed by atoms with Crippen molar-refractivity contribution in [2.24, 2.45) is 5.73 Å². The Labute approximate surface area is 195 Å². The zero-order valence-corrected chi connectivity index (χ0v) is 19.7. The molecule has 2 atom stereocenters. The Balaban J connectivity index is 2.05. The van der Waals surface area contributed by atoms with Gasteiger partial charge in [0, 0.05) is 17.6 Å². The SMILES string of the molecule is CCC/C=C/c1nc2cccc(N3C(C)CCCC3C)c2n(-c2cccc(C(=N)N)c2)c1=O. The van der Waals surface area contributed by atoms with Gasteiger partial charge in [0.2, 0.25) is 0 Å². The summed E-state index contributed by atoms with van der Waals surface area (Å²) in [4.78, 5) is 21.0. The number of aromatic nitrogens is 2. The molecule has 2 unspecified atom stereocenters. The smallest absolute Gasteiger partial charge is 0.281 e. The molecule has 3 aromatic rings. The molecule has 1 saturated heterocycles. The monoisotopic (exact) mass is 443 g/mol. The van der Waals surface area contributed by atoms with Gasteiger partial charge in [0.25, 0.3) is 5.56 Å². The minimum absolute atomic E-state index is 0.0233. The number of nitrogens with one attached hydrogen (secondary N) is 1. The molecule has 4 rings (SSSR count). The lowest BCUT2D eigenvalue weighted by Gasteiger charge is -2.41. The van der Waals surface area contributed by atoms with Crippen molar-refractivity contribution in [2.45, 2.75) is 65.0 Å². The van der Waals surface area contributed by atoms with Crippen LogP contribution < -0.4 is 16.2 Å². The molecule has 0 radical (unpaired) electrons. The lowest BCUT2D eigenvalue weighted by atomic mass is 9.96. The number of anilines is 1. The molecule has 0 spiro atoms. The van der Waals surface area contributed by atoms with Crippen LogP contribution in [0.15, 0.2) is 53.3 Å². The van der Waals surface area contributed by atoms with E-state index in [2.05, 4.69) is 31.7 Å². The van der Waals surface area contributed by atoms with E-state index in [1.165, 1.54) is 6.42 Å². The van der Waals surface area contributed by atoms with Crippen molar-refractivity contribution in [3.8, 4) is 5.69 Å². The van der Waals surface area contributed by atoms with Gasteiger partial charge in [-0.1, -0.05) is 37.6 Å². The number of rotatable bonds is 6. The Kier molecular flexibility index (Phi) is 6.63. The van der Waals surface area contributed by atoms with Gasteiger partial charge < -0.3 is 10.6 Å². The molecular weight excluding hydrogens is 410 g/mol. The first-order valence-corrected chi connectivity index (χ1v) is 11.9. The van der Waals surface area contributed by atoms with Gasteiger partial charge in [-0.15, -0.1) is 0 Å². The maximum Gasteiger partial charge on any atom is 0.281 e. The summed E-state index contributed by atoms with van der Waals surface area (Å²) in [6.07, 6.45) is 9.18. The van der Waals surface area contributed by atoms with E-state index >= 15 is 0 Å². The van der Waals surface area contributed by atoms with Gasteiger partial charge in [0.1, 0.15) is 11.5 Å². The second-order valence-corrected chi connectivity index (χ2v) is 8.97. The highest BCUT2D eigenvalue weighted by Gasteiger charge is 2.28. The molecule has 33 heavy (non-hydrogen) atoms. The highest BCUT2D eigenvalue weighted by molar-refractivity contribution is 5.96. The van der Waals surface area contributed by atoms with E-state index < -0.39 is 0 Å². The van der Waals surface area contributed by atoms with Crippen LogP contribution in [0.3, 0.4) is 0 Å². The molecule has 0 saturated carbocycles. The number of piperidine rings is 1. The van der Waals surface area contributed by atoms with Crippen LogP contribution in [0.5, 0.6) is 0 Å². The molecule has 2 heterocycles. The third-order valence-electron chi connectivity index (χ3n) is 6.50. The predicted octanol–water partition coefficient (Wildman–Crippen LogP) is 5.25. The van der Waals surface area contributed by atoms with Crippen molar-refractivity contribution in [3.63, 3.8) is 0 Å². The molecule has 172 valence electrons. The fourth-order valence-electron chi connectivity index (χ4n) is 4.87. The van der Waals surface area contributed by atoms with Gasteiger partial charge in [-0.25, -0.2) is 4.98 Å². The zero-order chi connectivity index (χ0) is 23.5. The highest BCUT2D eigenvalue weighted by Crippen LogP contribution is 2.34. The van der Waals surface area contributed by atoms with Crippen molar-refractivity contribution in [1.29, 1.82) is 5.41 Å². The van der Waals surface area contributed by atoms with Gasteiger partial charge in [0.15, 0.2) is 0 Å². The number of allylic oxidation sites excluding steroid dienone is 1. The number of amidine groups is 1. The molecule has 6 heteroatoms. The Morgan fingerprint density at radius 3 is 2.61 bits per heavy atom. The molecule has 1 fully saturated rings. The number of para-hydroxylation sites is 1. The van der Waals surface area contributed by atoms with Crippen molar-refractivity contribution in [1.82, 2.24) is 9.55 Å². The summed E-state index contributed by atoms with van der Waals surface area (Å²) in [5, 5.41) is 7.88. The summed E-state index contributed by atoms with van der Waals surface area (Å²) >= 11 is 0. The van der Waals surface area contributed by atoms with E-state index in [4.69, 9.17) is 16.1 Å². The van der Waals surface area contributed by atoms with Crippen LogP contribution in [0.25, 0.3) is 22.8 Å². The summed E-state index contributed by atoms with van der Waals surface area (Å²) in [5.74, 6) is -0.0233. The van der Waals surface area contributed by atoms with Crippen LogP contribution in [0.2, 0.25) is 0 Å². The van der Waals surface area contributed by atoms with Crippen LogP contribution in [-0.2, 0) is 0 Å². The van der Waals surface area contributed by atoms with Crippen molar-refractivity contribution < 1.29 is 0 Å². The quantitative estimate of drug-likeness (QED) is 0.402. The topological polar surface area (TPSA) is 88.0 Å². The second kappa shape index (κ2) is 9.61. The summed E-state index contributed by atoms with van der Waals surface area (Å²) in [6.45, 7) is 6.61. The van der Waals surface area contributed by atoms with Crippen LogP contribution in [0.4, 0.5) is 5.69 Å². The molecule has 0 amide bonds. The first kappa shape index (κ1) is 22.8. The van der Waals surface area contributed by atoms with E-state index in [0.29, 0.717) is 29.0 Å². The summed E-state index contributed by atoms with van der Waals surface area (Å²) in [7, 11) is 0. The maximum atomic E-state index is 13.8. The van der Waals surface area contributed by atoms with E-state index in [1.54, 1.807) is 10.6 Å². The lowest BCUT2D eigenvalue weighted by Crippen LogP contribution is -2.44. The molecule has 1 aliphatic rings. The number of nitrogens with zero attached hydrogens (tertiary/aromatic N) is 3. The first-order valence-electron chi connectivity index (χ1n) is 11.9. The van der Waals surface area contributed by atoms with Crippen LogP contribution in [-0.4, -0.2) is 27.5 Å². The van der Waals surface area contributed by atoms with Gasteiger partial charge >= 0.3 is 0 Å². The zero-order valence-electron chi connectivity index (χ0n) is 19.7. The van der Waals surface area contributed by atoms with E-state index in [0.717, 1.165) is 42.4 Å². The van der Waals surface area contributed by atoms with Crippen molar-refractivity contribution >= 4 is 28.6 Å². The molecular formula is C27H33N5O. The summed E-state index contributed by atoms with van der Waals surface area (Å²) < 4.78 is 1.75. The third-order valence-corrected chi connectivity index (χ3v) is 6.50. The molecule has 2 aromatic carbocycles. The Morgan fingerprint density at radius 2 is 1.91 bits per heavy atom. The molecule has 0 aliphatic carbocycles. The predicted molar refractivity (Wildman–Crippen MR) is 138 cm³/mol. The molecule has 1 aliphatic heterocycles. The van der Waals surface area contributed by atoms with Gasteiger partial charge in [-0.2, -0.15) is 0 Å². The van der Waals surface area contributed by atoms with Gasteiger partial charge in [0.05, 0.1) is 22.4 Å². The summed E-state index contributed by atoms with van der Waals surface area (Å²) in [6, 6.07) is 14.2. The number of hydrogen-bond donors (Lipinski definition) is 2. The number of unbranched alkanes of at least 4 members (excludes halogenated alkanes) is 1. The fraction of sp³-hybridized carbons (Fsp3) is 0.370. The lowest BCUT2D eigenvalue weighted by molar-refractivity contribution is 0.415. The summed E-state index contributed by atoms with van der Waals surface area (Å²) in [5.41, 5.74) is 9.90. The van der Waals surface area contributed by atoms with Crippen molar-refractivity contribution in [2.75, 3.05) is 4.90 Å². The number of nitrogen functional groups attached to an aromatic ring is 1. The molecule has 0 bridgehead atoms. The van der Waals surface area contributed by atoms with Crippen molar-refractivity contribution in [3.05, 3.63) is 70.2 Å². The minimum atomic E-state index is -0.166. The minimum Gasteiger partial charge on any atom is -0.384 e. The Bertz CT molecular complexity index is 1250. The second-order valence-electron chi connectivity index (χ2n) is 8.97. The normalized spacial score (nSPS) is 18.8. The average Bonchev–Trinajstić information content (AvgIpc) is 2.80. The largest absolute Gasteiger partial charge is 0.384 e. The van der Waals surface area contributed by atoms with E-state index in [-0.39, 0.29) is 11.4 Å². The molecule has 6 nitrogen and oxygen atoms in total. The van der Waals surface area contributed by atoms with Gasteiger partial charge in [-0.05, 0) is 69.9 Å². The van der Waals surface area contributed by atoms with Gasteiger partial charge in [-0.3, -0.25) is 14.8 Å². The standard InChI is InChI=1S/C27H33N5O/c1-4-5-6-14-23-27(33)32(21-13-8-12-20(17-21)26(28)29)25-22(30-23)15-9-16-24(25)31-18(2)10-7-11-19(31)3/h6,8-9,12-19H,4-5,7,10-11H2,1-3H3,(H3,28,29)/b14-6+. The average molecular weight is 444 g/mol. The molecule has 1 aromatic heterocycles. The van der Waals surface area contributed by atoms with Crippen LogP contribution in [0, 0.1) is 5.41 Å².